The average molecular weight is 476 g/mol. The molecule has 0 fully saturated rings. The maximum atomic E-state index is 13.6. The van der Waals surface area contributed by atoms with Gasteiger partial charge in [0.25, 0.3) is 5.91 Å². The lowest BCUT2D eigenvalue weighted by Crippen LogP contribution is -2.33. The van der Waals surface area contributed by atoms with Crippen molar-refractivity contribution in [3.63, 3.8) is 0 Å². The summed E-state index contributed by atoms with van der Waals surface area (Å²) in [5.41, 5.74) is 1.46. The van der Waals surface area contributed by atoms with Gasteiger partial charge in [-0.2, -0.15) is 0 Å². The predicted octanol–water partition coefficient (Wildman–Crippen LogP) is 6.09. The monoisotopic (exact) mass is 475 g/mol. The van der Waals surface area contributed by atoms with Crippen LogP contribution in [-0.4, -0.2) is 49.6 Å². The Kier molecular flexibility index (Phi) is 7.77. The second-order valence-corrected chi connectivity index (χ2v) is 9.12. The summed E-state index contributed by atoms with van der Waals surface area (Å²) in [5.74, 6) is 2.18. The number of thiazole rings is 1. The van der Waals surface area contributed by atoms with Crippen LogP contribution in [0.4, 0.5) is 5.13 Å². The highest BCUT2D eigenvalue weighted by molar-refractivity contribution is 7.22. The largest absolute Gasteiger partial charge is 0.494 e. The van der Waals surface area contributed by atoms with E-state index in [1.165, 1.54) is 11.3 Å². The molecule has 0 radical (unpaired) electrons. The molecule has 0 aliphatic rings. The van der Waals surface area contributed by atoms with Crippen LogP contribution in [0, 0.1) is 0 Å². The molecule has 1 aromatic heterocycles. The molecule has 0 atom stereocenters. The Bertz CT molecular complexity index is 1220. The SMILES string of the molecule is CCOc1ccc2nc(N(CCCN(C)C)C(=O)c3ccc(Oc4ccccc4)cc3)sc2c1. The maximum absolute atomic E-state index is 13.6. The van der Waals surface area contributed by atoms with E-state index in [0.717, 1.165) is 34.7 Å². The first kappa shape index (κ1) is 23.7. The normalized spacial score (nSPS) is 11.1. The summed E-state index contributed by atoms with van der Waals surface area (Å²) in [6.07, 6.45) is 0.841. The fourth-order valence-electron chi connectivity index (χ4n) is 3.54. The van der Waals surface area contributed by atoms with Gasteiger partial charge in [-0.15, -0.1) is 0 Å². The van der Waals surface area contributed by atoms with Gasteiger partial charge in [0.05, 0.1) is 16.8 Å². The molecule has 1 heterocycles. The van der Waals surface area contributed by atoms with Crippen molar-refractivity contribution in [1.82, 2.24) is 9.88 Å². The first-order chi connectivity index (χ1) is 16.5. The number of amides is 1. The molecule has 0 aliphatic carbocycles. The minimum absolute atomic E-state index is 0.0749. The van der Waals surface area contributed by atoms with E-state index >= 15 is 0 Å². The van der Waals surface area contributed by atoms with Crippen molar-refractivity contribution in [3.8, 4) is 17.2 Å². The van der Waals surface area contributed by atoms with Crippen LogP contribution in [0.25, 0.3) is 10.2 Å². The average Bonchev–Trinajstić information content (AvgIpc) is 3.26. The molecule has 0 unspecified atom stereocenters. The van der Waals surface area contributed by atoms with Gasteiger partial charge in [0.15, 0.2) is 5.13 Å². The molecule has 4 aromatic rings. The molecular weight excluding hydrogens is 446 g/mol. The molecule has 0 saturated carbocycles. The fourth-order valence-corrected chi connectivity index (χ4v) is 4.56. The van der Waals surface area contributed by atoms with Gasteiger partial charge in [-0.05, 0) is 88.6 Å². The Morgan fingerprint density at radius 1 is 0.912 bits per heavy atom. The Labute approximate surface area is 204 Å². The number of hydrogen-bond acceptors (Lipinski definition) is 6. The number of carbonyl (C=O) groups is 1. The Hall–Kier alpha value is -3.42. The number of para-hydroxylation sites is 1. The molecule has 0 spiro atoms. The van der Waals surface area contributed by atoms with E-state index in [0.29, 0.717) is 29.6 Å². The zero-order chi connectivity index (χ0) is 23.9. The van der Waals surface area contributed by atoms with Gasteiger partial charge in [-0.1, -0.05) is 29.5 Å². The van der Waals surface area contributed by atoms with Gasteiger partial charge in [0, 0.05) is 12.1 Å². The summed E-state index contributed by atoms with van der Waals surface area (Å²) in [6, 6.07) is 22.7. The molecule has 0 N–H and O–H groups in total. The highest BCUT2D eigenvalue weighted by atomic mass is 32.1. The van der Waals surface area contributed by atoms with Crippen LogP contribution in [0.3, 0.4) is 0 Å². The number of hydrogen-bond donors (Lipinski definition) is 0. The molecule has 0 bridgehead atoms. The molecule has 3 aromatic carbocycles. The lowest BCUT2D eigenvalue weighted by atomic mass is 10.2. The van der Waals surface area contributed by atoms with Crippen LogP contribution in [0.5, 0.6) is 17.2 Å². The zero-order valence-corrected chi connectivity index (χ0v) is 20.5. The molecule has 0 aliphatic heterocycles. The molecule has 34 heavy (non-hydrogen) atoms. The summed E-state index contributed by atoms with van der Waals surface area (Å²) >= 11 is 1.51. The predicted molar refractivity (Wildman–Crippen MR) is 139 cm³/mol. The molecule has 4 rings (SSSR count). The van der Waals surface area contributed by atoms with Crippen LogP contribution in [0.15, 0.2) is 72.8 Å². The van der Waals surface area contributed by atoms with E-state index in [4.69, 9.17) is 14.5 Å². The van der Waals surface area contributed by atoms with Gasteiger partial charge < -0.3 is 14.4 Å². The minimum Gasteiger partial charge on any atom is -0.494 e. The van der Waals surface area contributed by atoms with E-state index in [9.17, 15) is 4.79 Å². The number of benzene rings is 3. The first-order valence-electron chi connectivity index (χ1n) is 11.4. The summed E-state index contributed by atoms with van der Waals surface area (Å²) in [4.78, 5) is 22.2. The summed E-state index contributed by atoms with van der Waals surface area (Å²) in [7, 11) is 4.06. The van der Waals surface area contributed by atoms with Crippen molar-refractivity contribution in [1.29, 1.82) is 0 Å². The second-order valence-electron chi connectivity index (χ2n) is 8.11. The minimum atomic E-state index is -0.0749. The Morgan fingerprint density at radius 3 is 2.32 bits per heavy atom. The van der Waals surface area contributed by atoms with Gasteiger partial charge >= 0.3 is 0 Å². The van der Waals surface area contributed by atoms with Crippen molar-refractivity contribution in [2.75, 3.05) is 38.7 Å². The molecular formula is C27H29N3O3S. The smallest absolute Gasteiger partial charge is 0.260 e. The van der Waals surface area contributed by atoms with Crippen molar-refractivity contribution in [3.05, 3.63) is 78.4 Å². The van der Waals surface area contributed by atoms with Crippen LogP contribution >= 0.6 is 11.3 Å². The van der Waals surface area contributed by atoms with E-state index in [-0.39, 0.29) is 5.91 Å². The van der Waals surface area contributed by atoms with Crippen molar-refractivity contribution >= 4 is 32.6 Å². The first-order valence-corrected chi connectivity index (χ1v) is 12.2. The number of anilines is 1. The van der Waals surface area contributed by atoms with Crippen molar-refractivity contribution in [2.24, 2.45) is 0 Å². The number of rotatable bonds is 10. The molecule has 1 amide bonds. The summed E-state index contributed by atoms with van der Waals surface area (Å²) < 4.78 is 12.5. The molecule has 6 nitrogen and oxygen atoms in total. The lowest BCUT2D eigenvalue weighted by Gasteiger charge is -2.21. The quantitative estimate of drug-likeness (QED) is 0.278. The maximum Gasteiger partial charge on any atom is 0.260 e. The third-order valence-electron chi connectivity index (χ3n) is 5.20. The zero-order valence-electron chi connectivity index (χ0n) is 19.7. The second kappa shape index (κ2) is 11.1. The third-order valence-corrected chi connectivity index (χ3v) is 6.24. The molecule has 176 valence electrons. The lowest BCUT2D eigenvalue weighted by molar-refractivity contribution is 0.0986. The molecule has 0 saturated heterocycles. The van der Waals surface area contributed by atoms with Crippen molar-refractivity contribution < 1.29 is 14.3 Å². The number of carbonyl (C=O) groups excluding carboxylic acids is 1. The fraction of sp³-hybridized carbons (Fsp3) is 0.259. The number of ether oxygens (including phenoxy) is 2. The topological polar surface area (TPSA) is 54.9 Å². The van der Waals surface area contributed by atoms with Gasteiger partial charge in [-0.25, -0.2) is 4.98 Å². The number of aromatic nitrogens is 1. The number of nitrogens with zero attached hydrogens (tertiary/aromatic N) is 3. The summed E-state index contributed by atoms with van der Waals surface area (Å²) in [6.45, 7) is 4.03. The van der Waals surface area contributed by atoms with Crippen LogP contribution < -0.4 is 14.4 Å². The van der Waals surface area contributed by atoms with E-state index in [1.54, 1.807) is 17.0 Å². The van der Waals surface area contributed by atoms with Crippen LogP contribution in [0.1, 0.15) is 23.7 Å². The third kappa shape index (κ3) is 5.92. The Morgan fingerprint density at radius 2 is 1.62 bits per heavy atom. The standard InChI is InChI=1S/C27H29N3O3S/c1-4-32-23-15-16-24-25(19-23)34-27(28-24)30(18-8-17-29(2)3)26(31)20-11-13-22(14-12-20)33-21-9-6-5-7-10-21/h5-7,9-16,19H,4,8,17-18H2,1-3H3. The van der Waals surface area contributed by atoms with Gasteiger partial charge in [-0.3, -0.25) is 9.69 Å². The highest BCUT2D eigenvalue weighted by Crippen LogP contribution is 2.32. The Balaban J connectivity index is 1.57. The van der Waals surface area contributed by atoms with Gasteiger partial charge in [0.2, 0.25) is 0 Å². The van der Waals surface area contributed by atoms with Crippen LogP contribution in [-0.2, 0) is 0 Å². The van der Waals surface area contributed by atoms with E-state index in [2.05, 4.69) is 4.90 Å². The van der Waals surface area contributed by atoms with Gasteiger partial charge in [0.1, 0.15) is 17.2 Å². The van der Waals surface area contributed by atoms with Crippen molar-refractivity contribution in [2.45, 2.75) is 13.3 Å². The van der Waals surface area contributed by atoms with Crippen LogP contribution in [0.2, 0.25) is 0 Å². The molecule has 7 heteroatoms. The van der Waals surface area contributed by atoms with E-state index in [1.807, 2.05) is 81.7 Å². The van der Waals surface area contributed by atoms with E-state index < -0.39 is 0 Å². The summed E-state index contributed by atoms with van der Waals surface area (Å²) in [5, 5.41) is 0.692. The highest BCUT2D eigenvalue weighted by Gasteiger charge is 2.21. The number of fused-ring (bicyclic) bond motifs is 1.